The van der Waals surface area contributed by atoms with Gasteiger partial charge in [0, 0.05) is 32.1 Å². The van der Waals surface area contributed by atoms with Crippen molar-refractivity contribution in [2.24, 2.45) is 4.99 Å². The molecule has 0 atom stereocenters. The minimum absolute atomic E-state index is 0.902. The lowest BCUT2D eigenvalue weighted by atomic mass is 10.2. The van der Waals surface area contributed by atoms with Crippen molar-refractivity contribution in [1.29, 1.82) is 0 Å². The van der Waals surface area contributed by atoms with Gasteiger partial charge in [-0.2, -0.15) is 0 Å². The molecule has 2 heteroatoms. The smallest absolute Gasteiger partial charge is 0.0273 e. The highest BCUT2D eigenvalue weighted by Crippen LogP contribution is 1.94. The van der Waals surface area contributed by atoms with E-state index < -0.39 is 0 Å². The third-order valence-corrected chi connectivity index (χ3v) is 1.26. The van der Waals surface area contributed by atoms with Crippen LogP contribution >= 0.6 is 0 Å². The highest BCUT2D eigenvalue weighted by atomic mass is 14.6. The Bertz CT molecular complexity index is 204. The standard InChI is InChI=1S/C8H10N2/c1-9-5-2-8-3-6-10-7-4-8/h3-7H,2H2,1H3. The number of hydrogen-bond donors (Lipinski definition) is 0. The van der Waals surface area contributed by atoms with E-state index in [1.165, 1.54) is 5.56 Å². The molecular weight excluding hydrogens is 124 g/mol. The number of aliphatic imine (C=N–C) groups is 1. The summed E-state index contributed by atoms with van der Waals surface area (Å²) in [7, 11) is 1.78. The van der Waals surface area contributed by atoms with Crippen molar-refractivity contribution >= 4 is 6.21 Å². The van der Waals surface area contributed by atoms with E-state index in [2.05, 4.69) is 9.98 Å². The third kappa shape index (κ3) is 1.97. The van der Waals surface area contributed by atoms with Crippen LogP contribution < -0.4 is 0 Å². The number of hydrogen-bond acceptors (Lipinski definition) is 2. The molecule has 0 N–H and O–H groups in total. The normalized spacial score (nSPS) is 10.5. The van der Waals surface area contributed by atoms with Crippen LogP contribution in [0.25, 0.3) is 0 Å². The van der Waals surface area contributed by atoms with Gasteiger partial charge in [-0.05, 0) is 17.7 Å². The molecule has 1 rings (SSSR count). The van der Waals surface area contributed by atoms with Crippen LogP contribution in [-0.2, 0) is 6.42 Å². The van der Waals surface area contributed by atoms with Gasteiger partial charge in [-0.25, -0.2) is 0 Å². The summed E-state index contributed by atoms with van der Waals surface area (Å²) in [5, 5.41) is 0. The molecule has 0 radical (unpaired) electrons. The first-order chi connectivity index (χ1) is 4.93. The minimum atomic E-state index is 0.902. The summed E-state index contributed by atoms with van der Waals surface area (Å²) in [5.41, 5.74) is 1.25. The van der Waals surface area contributed by atoms with Gasteiger partial charge >= 0.3 is 0 Å². The van der Waals surface area contributed by atoms with Crippen LogP contribution in [0.4, 0.5) is 0 Å². The second-order valence-corrected chi connectivity index (χ2v) is 2.00. The molecule has 0 saturated carbocycles. The van der Waals surface area contributed by atoms with Crippen LogP contribution in [-0.4, -0.2) is 18.2 Å². The fourth-order valence-corrected chi connectivity index (χ4v) is 0.716. The molecule has 0 bridgehead atoms. The van der Waals surface area contributed by atoms with Gasteiger partial charge in [-0.1, -0.05) is 0 Å². The fraction of sp³-hybridized carbons (Fsp3) is 0.250. The summed E-state index contributed by atoms with van der Waals surface area (Å²) >= 11 is 0. The van der Waals surface area contributed by atoms with Crippen molar-refractivity contribution in [1.82, 2.24) is 4.98 Å². The number of nitrogens with zero attached hydrogens (tertiary/aromatic N) is 2. The predicted octanol–water partition coefficient (Wildman–Crippen LogP) is 1.32. The van der Waals surface area contributed by atoms with Crippen molar-refractivity contribution < 1.29 is 0 Å². The SMILES string of the molecule is CN=CCc1ccncc1. The van der Waals surface area contributed by atoms with Crippen LogP contribution in [0.3, 0.4) is 0 Å². The Morgan fingerprint density at radius 2 is 2.20 bits per heavy atom. The summed E-state index contributed by atoms with van der Waals surface area (Å²) in [6.07, 6.45) is 6.37. The summed E-state index contributed by atoms with van der Waals surface area (Å²) in [6, 6.07) is 3.98. The van der Waals surface area contributed by atoms with Crippen LogP contribution in [0.15, 0.2) is 29.5 Å². The molecule has 1 aromatic rings. The Morgan fingerprint density at radius 1 is 1.50 bits per heavy atom. The zero-order chi connectivity index (χ0) is 7.23. The van der Waals surface area contributed by atoms with Crippen LogP contribution in [0.1, 0.15) is 5.56 Å². The molecule has 1 heterocycles. The zero-order valence-electron chi connectivity index (χ0n) is 5.99. The Labute approximate surface area is 60.6 Å². The van der Waals surface area contributed by atoms with Crippen LogP contribution in [0, 0.1) is 0 Å². The Kier molecular flexibility index (Phi) is 2.62. The lowest BCUT2D eigenvalue weighted by molar-refractivity contribution is 1.25. The maximum Gasteiger partial charge on any atom is 0.0273 e. The average Bonchev–Trinajstić information content (AvgIpc) is 2.03. The van der Waals surface area contributed by atoms with Crippen molar-refractivity contribution in [2.75, 3.05) is 7.05 Å². The molecule has 0 aliphatic heterocycles. The van der Waals surface area contributed by atoms with E-state index in [0.29, 0.717) is 0 Å². The molecule has 52 valence electrons. The molecular formula is C8H10N2. The predicted molar refractivity (Wildman–Crippen MR) is 42.4 cm³/mol. The molecule has 10 heavy (non-hydrogen) atoms. The van der Waals surface area contributed by atoms with Gasteiger partial charge in [0.2, 0.25) is 0 Å². The third-order valence-electron chi connectivity index (χ3n) is 1.26. The summed E-state index contributed by atoms with van der Waals surface area (Å²) in [6.45, 7) is 0. The number of pyridine rings is 1. The van der Waals surface area contributed by atoms with Gasteiger partial charge in [0.15, 0.2) is 0 Å². The summed E-state index contributed by atoms with van der Waals surface area (Å²) < 4.78 is 0. The monoisotopic (exact) mass is 134 g/mol. The van der Waals surface area contributed by atoms with Crippen molar-refractivity contribution in [3.05, 3.63) is 30.1 Å². The van der Waals surface area contributed by atoms with Crippen molar-refractivity contribution in [2.45, 2.75) is 6.42 Å². The highest BCUT2D eigenvalue weighted by Gasteiger charge is 1.84. The lowest BCUT2D eigenvalue weighted by Gasteiger charge is -1.90. The summed E-state index contributed by atoms with van der Waals surface area (Å²) in [5.74, 6) is 0. The van der Waals surface area contributed by atoms with E-state index in [9.17, 15) is 0 Å². The van der Waals surface area contributed by atoms with E-state index >= 15 is 0 Å². The molecule has 0 aliphatic rings. The quantitative estimate of drug-likeness (QED) is 0.560. The first-order valence-electron chi connectivity index (χ1n) is 3.23. The van der Waals surface area contributed by atoms with Gasteiger partial charge < -0.3 is 4.99 Å². The van der Waals surface area contributed by atoms with E-state index in [1.54, 1.807) is 19.4 Å². The van der Waals surface area contributed by atoms with E-state index in [0.717, 1.165) is 6.42 Å². The largest absolute Gasteiger partial charge is 0.301 e. The minimum Gasteiger partial charge on any atom is -0.301 e. The van der Waals surface area contributed by atoms with Gasteiger partial charge in [0.25, 0.3) is 0 Å². The van der Waals surface area contributed by atoms with Crippen LogP contribution in [0.5, 0.6) is 0 Å². The molecule has 0 spiro atoms. The maximum atomic E-state index is 3.91. The zero-order valence-corrected chi connectivity index (χ0v) is 5.99. The van der Waals surface area contributed by atoms with Crippen molar-refractivity contribution in [3.63, 3.8) is 0 Å². The van der Waals surface area contributed by atoms with Gasteiger partial charge in [0.05, 0.1) is 0 Å². The van der Waals surface area contributed by atoms with E-state index in [1.807, 2.05) is 18.3 Å². The second-order valence-electron chi connectivity index (χ2n) is 2.00. The molecule has 1 aromatic heterocycles. The fourth-order valence-electron chi connectivity index (χ4n) is 0.716. The Hall–Kier alpha value is -1.18. The molecule has 0 aromatic carbocycles. The molecule has 0 unspecified atom stereocenters. The Balaban J connectivity index is 2.59. The molecule has 0 saturated heterocycles. The summed E-state index contributed by atoms with van der Waals surface area (Å²) in [4.78, 5) is 7.79. The topological polar surface area (TPSA) is 25.2 Å². The number of rotatable bonds is 2. The lowest BCUT2D eigenvalue weighted by Crippen LogP contribution is -1.84. The first-order valence-corrected chi connectivity index (χ1v) is 3.23. The molecule has 0 aliphatic carbocycles. The maximum absolute atomic E-state index is 3.91. The van der Waals surface area contributed by atoms with Gasteiger partial charge in [0.1, 0.15) is 0 Å². The van der Waals surface area contributed by atoms with E-state index in [4.69, 9.17) is 0 Å². The molecule has 2 nitrogen and oxygen atoms in total. The highest BCUT2D eigenvalue weighted by molar-refractivity contribution is 5.60. The van der Waals surface area contributed by atoms with Crippen molar-refractivity contribution in [3.8, 4) is 0 Å². The van der Waals surface area contributed by atoms with Crippen LogP contribution in [0.2, 0.25) is 0 Å². The first kappa shape index (κ1) is 6.93. The van der Waals surface area contributed by atoms with E-state index in [-0.39, 0.29) is 0 Å². The Morgan fingerprint density at radius 3 is 2.80 bits per heavy atom. The second kappa shape index (κ2) is 3.77. The molecule has 0 fully saturated rings. The van der Waals surface area contributed by atoms with Gasteiger partial charge in [-0.15, -0.1) is 0 Å². The molecule has 0 amide bonds. The van der Waals surface area contributed by atoms with Gasteiger partial charge in [-0.3, -0.25) is 4.98 Å². The number of aromatic nitrogens is 1. The average molecular weight is 134 g/mol.